The highest BCUT2D eigenvalue weighted by molar-refractivity contribution is 6.34. The average molecular weight is 314 g/mol. The van der Waals surface area contributed by atoms with Crippen LogP contribution in [-0.4, -0.2) is 35.6 Å². The van der Waals surface area contributed by atoms with Gasteiger partial charge in [0.05, 0.1) is 0 Å². The number of likely N-dealkylation sites (tertiary alicyclic amines) is 1. The van der Waals surface area contributed by atoms with Crippen LogP contribution >= 0.6 is 23.2 Å². The molecule has 0 aromatic carbocycles. The van der Waals surface area contributed by atoms with Crippen molar-refractivity contribution in [3.63, 3.8) is 0 Å². The quantitative estimate of drug-likeness (QED) is 0.867. The Morgan fingerprint density at radius 1 is 1.25 bits per heavy atom. The number of nitrogens with one attached hydrogen (secondary N) is 1. The second-order valence-electron chi connectivity index (χ2n) is 5.91. The number of pyridine rings is 1. The lowest BCUT2D eigenvalue weighted by molar-refractivity contribution is 0.157. The van der Waals surface area contributed by atoms with E-state index in [-0.39, 0.29) is 0 Å². The second kappa shape index (κ2) is 6.61. The van der Waals surface area contributed by atoms with Gasteiger partial charge in [-0.15, -0.1) is 0 Å². The van der Waals surface area contributed by atoms with E-state index in [1.807, 2.05) is 0 Å². The maximum Gasteiger partial charge on any atom is 0.130 e. The van der Waals surface area contributed by atoms with E-state index in [0.717, 1.165) is 42.2 Å². The van der Waals surface area contributed by atoms with Crippen LogP contribution in [0.15, 0.2) is 12.3 Å². The first-order valence-electron chi connectivity index (χ1n) is 7.48. The predicted octanol–water partition coefficient (Wildman–Crippen LogP) is 3.35. The van der Waals surface area contributed by atoms with Crippen molar-refractivity contribution >= 4 is 23.2 Å². The number of rotatable bonds is 3. The summed E-state index contributed by atoms with van der Waals surface area (Å²) >= 11 is 12.1. The molecule has 0 bridgehead atoms. The minimum absolute atomic E-state index is 0.463. The van der Waals surface area contributed by atoms with E-state index >= 15 is 0 Å². The van der Waals surface area contributed by atoms with Gasteiger partial charge in [-0.05, 0) is 57.3 Å². The summed E-state index contributed by atoms with van der Waals surface area (Å²) in [5, 5.41) is 4.83. The van der Waals surface area contributed by atoms with Crippen LogP contribution in [0.1, 0.15) is 31.2 Å². The van der Waals surface area contributed by atoms with Gasteiger partial charge in [-0.1, -0.05) is 23.2 Å². The molecule has 1 unspecified atom stereocenters. The molecule has 1 aromatic rings. The molecule has 0 spiro atoms. The third kappa shape index (κ3) is 3.45. The zero-order chi connectivity index (χ0) is 13.9. The molecule has 110 valence electrons. The topological polar surface area (TPSA) is 28.2 Å². The summed E-state index contributed by atoms with van der Waals surface area (Å²) in [4.78, 5) is 6.60. The smallest absolute Gasteiger partial charge is 0.130 e. The molecule has 20 heavy (non-hydrogen) atoms. The van der Waals surface area contributed by atoms with Gasteiger partial charge in [-0.3, -0.25) is 4.90 Å². The number of halogens is 2. The predicted molar refractivity (Wildman–Crippen MR) is 83.3 cm³/mol. The normalized spacial score (nSPS) is 25.2. The molecule has 2 aliphatic rings. The third-order valence-electron chi connectivity index (χ3n) is 4.59. The van der Waals surface area contributed by atoms with E-state index in [4.69, 9.17) is 23.2 Å². The minimum atomic E-state index is 0.463. The van der Waals surface area contributed by atoms with Gasteiger partial charge >= 0.3 is 0 Å². The van der Waals surface area contributed by atoms with Gasteiger partial charge < -0.3 is 5.32 Å². The van der Waals surface area contributed by atoms with E-state index in [9.17, 15) is 0 Å². The van der Waals surface area contributed by atoms with Gasteiger partial charge in [0.2, 0.25) is 0 Å². The molecular formula is C15H21Cl2N3. The zero-order valence-electron chi connectivity index (χ0n) is 11.6. The second-order valence-corrected chi connectivity index (χ2v) is 6.71. The summed E-state index contributed by atoms with van der Waals surface area (Å²) in [6, 6.07) is 2.49. The van der Waals surface area contributed by atoms with Crippen molar-refractivity contribution in [3.05, 3.63) is 28.0 Å². The lowest BCUT2D eigenvalue weighted by Crippen LogP contribution is -2.40. The summed E-state index contributed by atoms with van der Waals surface area (Å²) in [6.07, 6.45) is 7.08. The molecule has 0 saturated carbocycles. The Labute approximate surface area is 130 Å². The number of hydrogen-bond donors (Lipinski definition) is 1. The highest BCUT2D eigenvalue weighted by Crippen LogP contribution is 2.27. The molecule has 5 heteroatoms. The van der Waals surface area contributed by atoms with Gasteiger partial charge in [-0.2, -0.15) is 0 Å². The van der Waals surface area contributed by atoms with Crippen molar-refractivity contribution in [1.29, 1.82) is 0 Å². The Bertz CT molecular complexity index is 452. The van der Waals surface area contributed by atoms with Crippen LogP contribution in [0.5, 0.6) is 0 Å². The zero-order valence-corrected chi connectivity index (χ0v) is 13.1. The van der Waals surface area contributed by atoms with E-state index in [1.165, 1.54) is 32.2 Å². The highest BCUT2D eigenvalue weighted by Gasteiger charge is 2.28. The molecule has 0 amide bonds. The van der Waals surface area contributed by atoms with Crippen molar-refractivity contribution in [2.45, 2.75) is 38.3 Å². The minimum Gasteiger partial charge on any atom is -0.314 e. The maximum absolute atomic E-state index is 6.22. The first kappa shape index (κ1) is 14.6. The fourth-order valence-corrected chi connectivity index (χ4v) is 3.85. The monoisotopic (exact) mass is 313 g/mol. The van der Waals surface area contributed by atoms with Gasteiger partial charge in [-0.25, -0.2) is 4.98 Å². The molecule has 2 fully saturated rings. The van der Waals surface area contributed by atoms with Crippen LogP contribution in [0.3, 0.4) is 0 Å². The Morgan fingerprint density at radius 2 is 2.05 bits per heavy atom. The molecule has 2 saturated heterocycles. The van der Waals surface area contributed by atoms with Crippen molar-refractivity contribution < 1.29 is 0 Å². The highest BCUT2D eigenvalue weighted by atomic mass is 35.5. The van der Waals surface area contributed by atoms with E-state index in [2.05, 4.69) is 15.2 Å². The fourth-order valence-electron chi connectivity index (χ4n) is 3.42. The summed E-state index contributed by atoms with van der Waals surface area (Å²) < 4.78 is 0. The van der Waals surface area contributed by atoms with Gasteiger partial charge in [0, 0.05) is 29.4 Å². The summed E-state index contributed by atoms with van der Waals surface area (Å²) in [7, 11) is 0. The molecule has 2 aliphatic heterocycles. The van der Waals surface area contributed by atoms with Crippen LogP contribution in [0.25, 0.3) is 0 Å². The van der Waals surface area contributed by atoms with Crippen molar-refractivity contribution in [3.8, 4) is 0 Å². The average Bonchev–Trinajstić information content (AvgIpc) is 2.97. The molecule has 3 nitrogen and oxygen atoms in total. The molecular weight excluding hydrogens is 293 g/mol. The standard InChI is InChI=1S/C15H21Cl2N3/c16-13-8-15(17)19-9-12(13)10-20-6-3-11(4-7-20)14-2-1-5-18-14/h8-9,11,14,18H,1-7,10H2. The van der Waals surface area contributed by atoms with Crippen LogP contribution < -0.4 is 5.32 Å². The van der Waals surface area contributed by atoms with Crippen LogP contribution in [0.4, 0.5) is 0 Å². The Balaban J connectivity index is 1.53. The first-order chi connectivity index (χ1) is 9.72. The maximum atomic E-state index is 6.22. The van der Waals surface area contributed by atoms with E-state index in [0.29, 0.717) is 5.15 Å². The Morgan fingerprint density at radius 3 is 2.70 bits per heavy atom. The molecule has 1 aromatic heterocycles. The molecule has 1 atom stereocenters. The number of nitrogens with zero attached hydrogens (tertiary/aromatic N) is 2. The first-order valence-corrected chi connectivity index (χ1v) is 8.23. The molecule has 1 N–H and O–H groups in total. The molecule has 3 rings (SSSR count). The largest absolute Gasteiger partial charge is 0.314 e. The van der Waals surface area contributed by atoms with E-state index < -0.39 is 0 Å². The lowest BCUT2D eigenvalue weighted by atomic mass is 9.88. The lowest BCUT2D eigenvalue weighted by Gasteiger charge is -2.35. The summed E-state index contributed by atoms with van der Waals surface area (Å²) in [6.45, 7) is 4.40. The number of aromatic nitrogens is 1. The molecule has 0 radical (unpaired) electrons. The van der Waals surface area contributed by atoms with Crippen molar-refractivity contribution in [2.24, 2.45) is 5.92 Å². The number of hydrogen-bond acceptors (Lipinski definition) is 3. The summed E-state index contributed by atoms with van der Waals surface area (Å²) in [5.74, 6) is 0.854. The third-order valence-corrected chi connectivity index (χ3v) is 5.15. The summed E-state index contributed by atoms with van der Waals surface area (Å²) in [5.41, 5.74) is 1.08. The fraction of sp³-hybridized carbons (Fsp3) is 0.667. The molecule has 0 aliphatic carbocycles. The van der Waals surface area contributed by atoms with Crippen molar-refractivity contribution in [1.82, 2.24) is 15.2 Å². The Hall–Kier alpha value is -0.350. The van der Waals surface area contributed by atoms with Gasteiger partial charge in [0.25, 0.3) is 0 Å². The van der Waals surface area contributed by atoms with Gasteiger partial charge in [0.1, 0.15) is 5.15 Å². The van der Waals surface area contributed by atoms with Crippen molar-refractivity contribution in [2.75, 3.05) is 19.6 Å². The van der Waals surface area contributed by atoms with Crippen LogP contribution in [-0.2, 0) is 6.54 Å². The van der Waals surface area contributed by atoms with Crippen LogP contribution in [0, 0.1) is 5.92 Å². The Kier molecular flexibility index (Phi) is 4.82. The van der Waals surface area contributed by atoms with Crippen LogP contribution in [0.2, 0.25) is 10.2 Å². The van der Waals surface area contributed by atoms with E-state index in [1.54, 1.807) is 12.3 Å². The number of piperidine rings is 1. The SMILES string of the molecule is Clc1cc(Cl)c(CN2CCC(C3CCCN3)CC2)cn1. The van der Waals surface area contributed by atoms with Gasteiger partial charge in [0.15, 0.2) is 0 Å². The molecule has 3 heterocycles.